The number of nitrogens with zero attached hydrogens (tertiary/aromatic N) is 2. The molecule has 0 saturated carbocycles. The van der Waals surface area contributed by atoms with Crippen molar-refractivity contribution in [2.24, 2.45) is 5.10 Å². The summed E-state index contributed by atoms with van der Waals surface area (Å²) in [6.45, 7) is 3.32. The molecule has 0 spiro atoms. The molecule has 2 heteroatoms. The third kappa shape index (κ3) is 1.70. The van der Waals surface area contributed by atoms with Gasteiger partial charge in [-0.25, -0.2) is 0 Å². The van der Waals surface area contributed by atoms with Gasteiger partial charge in [-0.3, -0.25) is 5.01 Å². The third-order valence-electron chi connectivity index (χ3n) is 1.57. The lowest BCUT2D eigenvalue weighted by atomic mass is 10.2. The Hall–Kier alpha value is -0.530. The van der Waals surface area contributed by atoms with Gasteiger partial charge in [0.25, 0.3) is 0 Å². The summed E-state index contributed by atoms with van der Waals surface area (Å²) in [4.78, 5) is 0. The first kappa shape index (κ1) is 6.59. The summed E-state index contributed by atoms with van der Waals surface area (Å²) < 4.78 is 0. The molecule has 0 atom stereocenters. The van der Waals surface area contributed by atoms with E-state index in [9.17, 15) is 0 Å². The van der Waals surface area contributed by atoms with Crippen LogP contribution in [0, 0.1) is 0 Å². The van der Waals surface area contributed by atoms with Crippen molar-refractivity contribution >= 4 is 5.71 Å². The zero-order valence-electron chi connectivity index (χ0n) is 6.22. The lowest BCUT2D eigenvalue weighted by Crippen LogP contribution is -2.04. The van der Waals surface area contributed by atoms with E-state index < -0.39 is 0 Å². The topological polar surface area (TPSA) is 15.6 Å². The molecule has 0 fully saturated rings. The van der Waals surface area contributed by atoms with E-state index in [0.717, 1.165) is 6.54 Å². The number of hydrogen-bond donors (Lipinski definition) is 0. The minimum Gasteiger partial charge on any atom is -0.300 e. The maximum absolute atomic E-state index is 4.33. The van der Waals surface area contributed by atoms with E-state index in [1.807, 2.05) is 12.1 Å². The van der Waals surface area contributed by atoms with E-state index in [2.05, 4.69) is 12.0 Å². The van der Waals surface area contributed by atoms with E-state index in [-0.39, 0.29) is 0 Å². The molecule has 2 nitrogen and oxygen atoms in total. The monoisotopic (exact) mass is 126 g/mol. The van der Waals surface area contributed by atoms with E-state index >= 15 is 0 Å². The summed E-state index contributed by atoms with van der Waals surface area (Å²) in [7, 11) is 2.03. The van der Waals surface area contributed by atoms with Crippen molar-refractivity contribution in [2.75, 3.05) is 13.6 Å². The summed E-state index contributed by atoms with van der Waals surface area (Å²) in [5, 5.41) is 6.35. The molecule has 0 aromatic carbocycles. The molecule has 0 aliphatic carbocycles. The van der Waals surface area contributed by atoms with Crippen LogP contribution in [0.5, 0.6) is 0 Å². The Morgan fingerprint density at radius 2 is 2.44 bits per heavy atom. The van der Waals surface area contributed by atoms with Crippen LogP contribution in [0.15, 0.2) is 5.10 Å². The lowest BCUT2D eigenvalue weighted by molar-refractivity contribution is 0.393. The second-order valence-electron chi connectivity index (χ2n) is 2.55. The molecule has 1 aliphatic rings. The van der Waals surface area contributed by atoms with Crippen LogP contribution in [-0.4, -0.2) is 24.3 Å². The fourth-order valence-corrected chi connectivity index (χ4v) is 1.10. The molecule has 9 heavy (non-hydrogen) atoms. The standard InChI is InChI=1S/C7H14N2/c1-3-4-7-5-6-9(2)8-7/h3-6H2,1-2H3. The number of hydrazone groups is 1. The number of rotatable bonds is 2. The van der Waals surface area contributed by atoms with Gasteiger partial charge in [0.05, 0.1) is 0 Å². The average molecular weight is 126 g/mol. The Morgan fingerprint density at radius 3 is 2.89 bits per heavy atom. The molecule has 0 radical (unpaired) electrons. The largest absolute Gasteiger partial charge is 0.300 e. The Morgan fingerprint density at radius 1 is 1.67 bits per heavy atom. The first-order valence-electron chi connectivity index (χ1n) is 3.60. The predicted molar refractivity (Wildman–Crippen MR) is 39.6 cm³/mol. The fraction of sp³-hybridized carbons (Fsp3) is 0.857. The summed E-state index contributed by atoms with van der Waals surface area (Å²) >= 11 is 0. The van der Waals surface area contributed by atoms with Crippen molar-refractivity contribution in [2.45, 2.75) is 26.2 Å². The normalized spacial score (nSPS) is 18.4. The van der Waals surface area contributed by atoms with Crippen LogP contribution in [-0.2, 0) is 0 Å². The van der Waals surface area contributed by atoms with Crippen LogP contribution in [0.25, 0.3) is 0 Å². The molecule has 0 amide bonds. The SMILES string of the molecule is CCCC1=NN(C)CC1. The molecule has 0 aromatic heterocycles. The smallest absolute Gasteiger partial charge is 0.0409 e. The third-order valence-corrected chi connectivity index (χ3v) is 1.57. The van der Waals surface area contributed by atoms with Crippen LogP contribution in [0.1, 0.15) is 26.2 Å². The molecule has 0 saturated heterocycles. The van der Waals surface area contributed by atoms with E-state index in [1.54, 1.807) is 0 Å². The summed E-state index contributed by atoms with van der Waals surface area (Å²) in [6.07, 6.45) is 3.60. The van der Waals surface area contributed by atoms with Crippen molar-refractivity contribution in [1.82, 2.24) is 5.01 Å². The molecule has 0 aromatic rings. The maximum Gasteiger partial charge on any atom is 0.0409 e. The van der Waals surface area contributed by atoms with Gasteiger partial charge in [0, 0.05) is 25.7 Å². The lowest BCUT2D eigenvalue weighted by Gasteiger charge is -2.00. The zero-order valence-corrected chi connectivity index (χ0v) is 6.22. The van der Waals surface area contributed by atoms with Gasteiger partial charge in [-0.2, -0.15) is 5.10 Å². The molecule has 0 unspecified atom stereocenters. The minimum atomic E-state index is 1.12. The van der Waals surface area contributed by atoms with E-state index in [4.69, 9.17) is 0 Å². The van der Waals surface area contributed by atoms with Crippen LogP contribution in [0.2, 0.25) is 0 Å². The zero-order chi connectivity index (χ0) is 6.69. The van der Waals surface area contributed by atoms with Gasteiger partial charge in [0.15, 0.2) is 0 Å². The van der Waals surface area contributed by atoms with E-state index in [1.165, 1.54) is 25.0 Å². The summed E-state index contributed by atoms with van der Waals surface area (Å²) in [6, 6.07) is 0. The van der Waals surface area contributed by atoms with Gasteiger partial charge in [0.1, 0.15) is 0 Å². The highest BCUT2D eigenvalue weighted by molar-refractivity contribution is 5.85. The van der Waals surface area contributed by atoms with Crippen LogP contribution < -0.4 is 0 Å². The van der Waals surface area contributed by atoms with Gasteiger partial charge < -0.3 is 0 Å². The Kier molecular flexibility index (Phi) is 2.09. The van der Waals surface area contributed by atoms with Crippen LogP contribution in [0.4, 0.5) is 0 Å². The molecule has 0 bridgehead atoms. The van der Waals surface area contributed by atoms with E-state index in [0.29, 0.717) is 0 Å². The highest BCUT2D eigenvalue weighted by Gasteiger charge is 2.08. The predicted octanol–water partition coefficient (Wildman–Crippen LogP) is 1.48. The van der Waals surface area contributed by atoms with Gasteiger partial charge in [0.2, 0.25) is 0 Å². The Balaban J connectivity index is 2.33. The first-order valence-corrected chi connectivity index (χ1v) is 3.60. The number of hydrogen-bond acceptors (Lipinski definition) is 2. The second kappa shape index (κ2) is 2.85. The molecule has 52 valence electrons. The van der Waals surface area contributed by atoms with Crippen LogP contribution in [0.3, 0.4) is 0 Å². The van der Waals surface area contributed by atoms with Crippen LogP contribution >= 0.6 is 0 Å². The molecular formula is C7H14N2. The maximum atomic E-state index is 4.33. The van der Waals surface area contributed by atoms with Crippen molar-refractivity contribution < 1.29 is 0 Å². The first-order chi connectivity index (χ1) is 4.33. The Labute approximate surface area is 56.5 Å². The summed E-state index contributed by atoms with van der Waals surface area (Å²) in [5.41, 5.74) is 1.38. The summed E-state index contributed by atoms with van der Waals surface area (Å²) in [5.74, 6) is 0. The molecule has 1 aliphatic heterocycles. The Bertz CT molecular complexity index is 118. The second-order valence-corrected chi connectivity index (χ2v) is 2.55. The average Bonchev–Trinajstić information content (AvgIpc) is 2.17. The highest BCUT2D eigenvalue weighted by Crippen LogP contribution is 2.06. The van der Waals surface area contributed by atoms with Crippen molar-refractivity contribution in [1.29, 1.82) is 0 Å². The quantitative estimate of drug-likeness (QED) is 0.547. The van der Waals surface area contributed by atoms with Crippen molar-refractivity contribution in [3.05, 3.63) is 0 Å². The van der Waals surface area contributed by atoms with Crippen molar-refractivity contribution in [3.63, 3.8) is 0 Å². The molecular weight excluding hydrogens is 112 g/mol. The molecule has 1 heterocycles. The molecule has 0 N–H and O–H groups in total. The van der Waals surface area contributed by atoms with Gasteiger partial charge in [-0.1, -0.05) is 13.3 Å². The van der Waals surface area contributed by atoms with Gasteiger partial charge in [-0.15, -0.1) is 0 Å². The minimum absolute atomic E-state index is 1.12. The van der Waals surface area contributed by atoms with Crippen molar-refractivity contribution in [3.8, 4) is 0 Å². The van der Waals surface area contributed by atoms with Gasteiger partial charge in [-0.05, 0) is 6.42 Å². The molecule has 1 rings (SSSR count). The van der Waals surface area contributed by atoms with Gasteiger partial charge >= 0.3 is 0 Å². The fourth-order valence-electron chi connectivity index (χ4n) is 1.10. The highest BCUT2D eigenvalue weighted by atomic mass is 15.4.